The second-order valence-corrected chi connectivity index (χ2v) is 10.9. The molecule has 1 spiro atoms. The van der Waals surface area contributed by atoms with E-state index in [1.165, 1.54) is 11.1 Å². The Morgan fingerprint density at radius 1 is 0.977 bits per heavy atom. The summed E-state index contributed by atoms with van der Waals surface area (Å²) in [6.45, 7) is 4.10. The number of likely N-dealkylation sites (tertiary alicyclic amines) is 1. The summed E-state index contributed by atoms with van der Waals surface area (Å²) in [4.78, 5) is 40.2. The number of halogens is 6. The Hall–Kier alpha value is -3.54. The summed E-state index contributed by atoms with van der Waals surface area (Å²) < 4.78 is 69.8. The molecule has 3 aromatic rings. The van der Waals surface area contributed by atoms with Crippen LogP contribution in [0.3, 0.4) is 0 Å². The largest absolute Gasteiger partial charge is 0.490 e. The maximum absolute atomic E-state index is 13.8. The Kier molecular flexibility index (Phi) is 11.3. The second-order valence-electron chi connectivity index (χ2n) is 9.34. The Morgan fingerprint density at radius 2 is 1.53 bits per heavy atom. The zero-order valence-electron chi connectivity index (χ0n) is 22.0. The fraction of sp³-hybridized carbons (Fsp3) is 0.385. The molecule has 0 saturated carbocycles. The number of hydrogen-bond donors (Lipinski definition) is 2. The molecule has 5 heterocycles. The average molecular weight is 654 g/mol. The summed E-state index contributed by atoms with van der Waals surface area (Å²) in [6, 6.07) is 8.26. The highest BCUT2D eigenvalue weighted by molar-refractivity contribution is 7.08. The van der Waals surface area contributed by atoms with Gasteiger partial charge in [0.05, 0.1) is 6.61 Å². The highest BCUT2D eigenvalue weighted by atomic mass is 32.1. The number of pyridine rings is 1. The predicted octanol–water partition coefficient (Wildman–Crippen LogP) is 4.87. The molecule has 17 heteroatoms. The smallest absolute Gasteiger partial charge is 0.475 e. The fourth-order valence-corrected chi connectivity index (χ4v) is 5.84. The van der Waals surface area contributed by atoms with Crippen LogP contribution in [0.25, 0.3) is 0 Å². The van der Waals surface area contributed by atoms with Gasteiger partial charge < -0.3 is 19.8 Å². The second kappa shape index (κ2) is 14.3. The lowest BCUT2D eigenvalue weighted by molar-refractivity contribution is -0.193. The third-order valence-corrected chi connectivity index (χ3v) is 7.81. The van der Waals surface area contributed by atoms with Crippen LogP contribution in [0.5, 0.6) is 0 Å². The molecule has 0 aliphatic carbocycles. The van der Waals surface area contributed by atoms with E-state index in [1.807, 2.05) is 17.2 Å². The SMILES string of the molecule is O=C(O)C(F)(F)F.O=C(O)C(F)(F)F.O=C1N(Cc2ccsc2)CCOC12CN(Cc1ccsc1)CC2c1cccnc1. The minimum absolute atomic E-state index is 0.0207. The number of aromatic nitrogens is 1. The third-order valence-electron chi connectivity index (χ3n) is 6.34. The van der Waals surface area contributed by atoms with Gasteiger partial charge in [0.15, 0.2) is 5.60 Å². The molecule has 9 nitrogen and oxygen atoms in total. The minimum Gasteiger partial charge on any atom is -0.475 e. The van der Waals surface area contributed by atoms with Crippen molar-refractivity contribution in [3.8, 4) is 0 Å². The van der Waals surface area contributed by atoms with E-state index in [9.17, 15) is 31.1 Å². The Bertz CT molecular complexity index is 1320. The zero-order chi connectivity index (χ0) is 31.8. The molecule has 2 saturated heterocycles. The van der Waals surface area contributed by atoms with E-state index in [0.29, 0.717) is 26.2 Å². The third kappa shape index (κ3) is 9.22. The number of hydrogen-bond acceptors (Lipinski definition) is 8. The van der Waals surface area contributed by atoms with Crippen LogP contribution in [-0.2, 0) is 32.2 Å². The molecule has 5 rings (SSSR count). The molecule has 1 amide bonds. The zero-order valence-corrected chi connectivity index (χ0v) is 23.7. The number of nitrogens with zero attached hydrogens (tertiary/aromatic N) is 3. The number of thiophene rings is 2. The van der Waals surface area contributed by atoms with Gasteiger partial charge in [-0.1, -0.05) is 6.07 Å². The Morgan fingerprint density at radius 3 is 2.00 bits per heavy atom. The van der Waals surface area contributed by atoms with Crippen molar-refractivity contribution in [2.24, 2.45) is 0 Å². The first-order valence-corrected chi connectivity index (χ1v) is 14.2. The number of carboxylic acid groups (broad SMARTS) is 2. The highest BCUT2D eigenvalue weighted by Crippen LogP contribution is 2.42. The number of carboxylic acids is 2. The Balaban J connectivity index is 0.000000303. The van der Waals surface area contributed by atoms with Gasteiger partial charge in [-0.2, -0.15) is 49.0 Å². The number of carbonyl (C=O) groups excluding carboxylic acids is 1. The van der Waals surface area contributed by atoms with Crippen LogP contribution in [0.15, 0.2) is 58.2 Å². The van der Waals surface area contributed by atoms with Crippen molar-refractivity contribution in [2.75, 3.05) is 26.2 Å². The molecule has 2 fully saturated rings. The van der Waals surface area contributed by atoms with Gasteiger partial charge in [-0.15, -0.1) is 0 Å². The molecular formula is C26H25F6N3O6S2. The number of ether oxygens (including phenoxy) is 1. The molecule has 3 aromatic heterocycles. The van der Waals surface area contributed by atoms with E-state index in [2.05, 4.69) is 49.6 Å². The Labute approximate surface area is 248 Å². The van der Waals surface area contributed by atoms with E-state index in [4.69, 9.17) is 24.5 Å². The van der Waals surface area contributed by atoms with Gasteiger partial charge >= 0.3 is 24.3 Å². The van der Waals surface area contributed by atoms with E-state index >= 15 is 0 Å². The van der Waals surface area contributed by atoms with Crippen LogP contribution in [-0.4, -0.2) is 87.0 Å². The molecule has 0 radical (unpaired) electrons. The molecule has 2 N–H and O–H groups in total. The highest BCUT2D eigenvalue weighted by Gasteiger charge is 2.57. The first kappa shape index (κ1) is 34.0. The number of carbonyl (C=O) groups is 3. The molecule has 234 valence electrons. The molecular weight excluding hydrogens is 628 g/mol. The van der Waals surface area contributed by atoms with Crippen molar-refractivity contribution >= 4 is 40.5 Å². The first-order valence-electron chi connectivity index (χ1n) is 12.3. The number of morpholine rings is 1. The molecule has 2 atom stereocenters. The quantitative estimate of drug-likeness (QED) is 0.375. The molecule has 43 heavy (non-hydrogen) atoms. The van der Waals surface area contributed by atoms with Crippen molar-refractivity contribution in [3.05, 3.63) is 74.9 Å². The topological polar surface area (TPSA) is 120 Å². The van der Waals surface area contributed by atoms with Gasteiger partial charge in [-0.05, 0) is 56.4 Å². The van der Waals surface area contributed by atoms with Crippen molar-refractivity contribution in [1.82, 2.24) is 14.8 Å². The summed E-state index contributed by atoms with van der Waals surface area (Å²) in [5.74, 6) is -5.43. The summed E-state index contributed by atoms with van der Waals surface area (Å²) >= 11 is 3.38. The average Bonchev–Trinajstić information content (AvgIpc) is 3.70. The van der Waals surface area contributed by atoms with Crippen LogP contribution in [0.4, 0.5) is 26.3 Å². The van der Waals surface area contributed by atoms with Crippen LogP contribution in [0, 0.1) is 0 Å². The summed E-state index contributed by atoms with van der Waals surface area (Å²) in [7, 11) is 0. The first-order chi connectivity index (χ1) is 20.1. The maximum Gasteiger partial charge on any atom is 0.490 e. The van der Waals surface area contributed by atoms with Gasteiger partial charge in [0.2, 0.25) is 0 Å². The van der Waals surface area contributed by atoms with Crippen molar-refractivity contribution < 1.29 is 55.7 Å². The lowest BCUT2D eigenvalue weighted by atomic mass is 9.83. The van der Waals surface area contributed by atoms with Crippen molar-refractivity contribution in [1.29, 1.82) is 0 Å². The number of amides is 1. The van der Waals surface area contributed by atoms with Gasteiger partial charge in [-0.25, -0.2) is 9.59 Å². The van der Waals surface area contributed by atoms with E-state index in [-0.39, 0.29) is 11.8 Å². The van der Waals surface area contributed by atoms with Crippen molar-refractivity contribution in [3.63, 3.8) is 0 Å². The van der Waals surface area contributed by atoms with E-state index < -0.39 is 29.9 Å². The number of aliphatic carboxylic acids is 2. The van der Waals surface area contributed by atoms with Crippen LogP contribution in [0.2, 0.25) is 0 Å². The van der Waals surface area contributed by atoms with Gasteiger partial charge in [-0.3, -0.25) is 14.7 Å². The lowest BCUT2D eigenvalue weighted by Crippen LogP contribution is -2.59. The molecule has 0 bridgehead atoms. The summed E-state index contributed by atoms with van der Waals surface area (Å²) in [5.41, 5.74) is 2.71. The standard InChI is InChI=1S/C22H23N3O2S2.2C2HF3O2/c26-21-22(27-7-6-25(21)12-18-4-9-29-15-18)16-24(11-17-3-8-28-14-17)13-20(22)19-2-1-5-23-10-19;2*3-2(4,5)1(6)7/h1-5,8-10,14-15,20H,6-7,11-13,16H2;2*(H,6,7). The maximum atomic E-state index is 13.8. The van der Waals surface area contributed by atoms with E-state index in [0.717, 1.165) is 18.7 Å². The van der Waals surface area contributed by atoms with Crippen LogP contribution >= 0.6 is 22.7 Å². The molecule has 0 aromatic carbocycles. The minimum atomic E-state index is -5.08. The van der Waals surface area contributed by atoms with E-state index in [1.54, 1.807) is 28.9 Å². The van der Waals surface area contributed by atoms with Gasteiger partial charge in [0.1, 0.15) is 0 Å². The lowest BCUT2D eigenvalue weighted by Gasteiger charge is -2.42. The van der Waals surface area contributed by atoms with Crippen LogP contribution < -0.4 is 0 Å². The molecule has 2 unspecified atom stereocenters. The van der Waals surface area contributed by atoms with Crippen LogP contribution in [0.1, 0.15) is 22.6 Å². The normalized spacial score (nSPS) is 20.7. The van der Waals surface area contributed by atoms with Gasteiger partial charge in [0.25, 0.3) is 5.91 Å². The van der Waals surface area contributed by atoms with Gasteiger partial charge in [0, 0.05) is 51.0 Å². The summed E-state index contributed by atoms with van der Waals surface area (Å²) in [5, 5.41) is 22.7. The monoisotopic (exact) mass is 653 g/mol. The molecule has 2 aliphatic rings. The summed E-state index contributed by atoms with van der Waals surface area (Å²) in [6.07, 6.45) is -6.50. The predicted molar refractivity (Wildman–Crippen MR) is 142 cm³/mol. The van der Waals surface area contributed by atoms with Crippen molar-refractivity contribution in [2.45, 2.75) is 37.0 Å². The molecule has 2 aliphatic heterocycles. The number of rotatable bonds is 5. The fourth-order valence-electron chi connectivity index (χ4n) is 4.52. The number of alkyl halides is 6.